The maximum atomic E-state index is 12.1. The number of nitrogens with two attached hydrogens (primary N) is 1. The van der Waals surface area contributed by atoms with E-state index in [1.807, 2.05) is 36.4 Å². The molecule has 0 spiro atoms. The van der Waals surface area contributed by atoms with Crippen LogP contribution in [0, 0.1) is 0 Å². The van der Waals surface area contributed by atoms with Gasteiger partial charge in [-0.15, -0.1) is 0 Å². The lowest BCUT2D eigenvalue weighted by molar-refractivity contribution is 0.143. The second kappa shape index (κ2) is 8.61. The largest absolute Gasteiger partial charge is 0.449 e. The van der Waals surface area contributed by atoms with E-state index in [2.05, 4.69) is 34.6 Å². The molecule has 0 bridgehead atoms. The Kier molecular flexibility index (Phi) is 5.56. The highest BCUT2D eigenvalue weighted by Crippen LogP contribution is 2.44. The predicted molar refractivity (Wildman–Crippen MR) is 115 cm³/mol. The normalized spacial score (nSPS) is 12.6. The van der Waals surface area contributed by atoms with Gasteiger partial charge >= 0.3 is 6.09 Å². The molecule has 146 valence electrons. The number of hydrogen-bond acceptors (Lipinski definition) is 4. The smallest absolute Gasteiger partial charge is 0.407 e. The van der Waals surface area contributed by atoms with Crippen molar-refractivity contribution in [2.75, 3.05) is 18.9 Å². The third-order valence-corrected chi connectivity index (χ3v) is 5.02. The van der Waals surface area contributed by atoms with Crippen LogP contribution in [0.15, 0.2) is 72.9 Å². The Morgan fingerprint density at radius 2 is 1.76 bits per heavy atom. The first-order valence-corrected chi connectivity index (χ1v) is 9.69. The number of alkyl carbamates (subject to hydrolysis) is 1. The second-order valence-corrected chi connectivity index (χ2v) is 6.96. The number of rotatable bonds is 6. The van der Waals surface area contributed by atoms with Gasteiger partial charge in [-0.2, -0.15) is 0 Å². The maximum absolute atomic E-state index is 12.1. The Labute approximate surface area is 170 Å². The number of aromatic nitrogens is 1. The highest BCUT2D eigenvalue weighted by atomic mass is 16.5. The van der Waals surface area contributed by atoms with E-state index in [0.29, 0.717) is 25.3 Å². The lowest BCUT2D eigenvalue weighted by Crippen LogP contribution is -2.26. The minimum atomic E-state index is -0.401. The second-order valence-electron chi connectivity index (χ2n) is 6.96. The molecule has 0 aliphatic heterocycles. The summed E-state index contributed by atoms with van der Waals surface area (Å²) in [6.07, 6.45) is 5.79. The van der Waals surface area contributed by atoms with Gasteiger partial charge in [0.25, 0.3) is 0 Å². The van der Waals surface area contributed by atoms with Crippen molar-refractivity contribution in [2.45, 2.75) is 12.3 Å². The lowest BCUT2D eigenvalue weighted by atomic mass is 9.98. The quantitative estimate of drug-likeness (QED) is 0.608. The Bertz CT molecular complexity index is 1000. The lowest BCUT2D eigenvalue weighted by Gasteiger charge is -2.14. The molecular weight excluding hydrogens is 362 g/mol. The van der Waals surface area contributed by atoms with Crippen LogP contribution in [-0.2, 0) is 4.74 Å². The molecule has 0 fully saturated rings. The van der Waals surface area contributed by atoms with Gasteiger partial charge in [-0.05, 0) is 46.9 Å². The third-order valence-electron chi connectivity index (χ3n) is 5.02. The van der Waals surface area contributed by atoms with Crippen molar-refractivity contribution >= 4 is 17.9 Å². The highest BCUT2D eigenvalue weighted by molar-refractivity contribution is 5.79. The number of amides is 1. The Morgan fingerprint density at radius 1 is 1.07 bits per heavy atom. The summed E-state index contributed by atoms with van der Waals surface area (Å²) in [5.41, 5.74) is 12.1. The molecule has 0 radical (unpaired) electrons. The molecule has 1 aromatic heterocycles. The number of nitrogen functional groups attached to an aromatic ring is 1. The summed E-state index contributed by atoms with van der Waals surface area (Å²) in [5.74, 6) is 0.0719. The number of pyridine rings is 1. The zero-order valence-corrected chi connectivity index (χ0v) is 16.0. The number of benzene rings is 2. The van der Waals surface area contributed by atoms with Gasteiger partial charge in [0.15, 0.2) is 0 Å². The molecule has 0 saturated carbocycles. The number of ether oxygens (including phenoxy) is 1. The van der Waals surface area contributed by atoms with Gasteiger partial charge in [-0.25, -0.2) is 4.79 Å². The molecule has 3 N–H and O–H groups in total. The topological polar surface area (TPSA) is 77.2 Å². The van der Waals surface area contributed by atoms with Gasteiger partial charge in [0.05, 0.1) is 5.69 Å². The summed E-state index contributed by atoms with van der Waals surface area (Å²) in [6, 6.07) is 20.1. The molecule has 1 amide bonds. The molecule has 2 aromatic carbocycles. The number of carbonyl (C=O) groups excluding carboxylic acids is 1. The number of fused-ring (bicyclic) bond motifs is 3. The van der Waals surface area contributed by atoms with Crippen LogP contribution in [-0.4, -0.2) is 24.2 Å². The fraction of sp³-hybridized carbons (Fsp3) is 0.167. The van der Waals surface area contributed by atoms with Crippen molar-refractivity contribution in [3.63, 3.8) is 0 Å². The highest BCUT2D eigenvalue weighted by Gasteiger charge is 2.28. The standard InChI is InChI=1S/C24H23N3O2/c25-17-12-14-26-18(15-17)7-5-6-13-27-24(28)29-16-23-21-10-3-1-8-19(21)20-9-2-4-11-22(20)23/h1-5,7-12,14-15,23H,6,13,16H2,(H2,25,26)(H,27,28). The summed E-state index contributed by atoms with van der Waals surface area (Å²) in [7, 11) is 0. The minimum absolute atomic E-state index is 0.0719. The van der Waals surface area contributed by atoms with E-state index in [-0.39, 0.29) is 5.92 Å². The van der Waals surface area contributed by atoms with Crippen molar-refractivity contribution in [1.29, 1.82) is 0 Å². The number of nitrogens with zero attached hydrogens (tertiary/aromatic N) is 1. The Hall–Kier alpha value is -3.60. The minimum Gasteiger partial charge on any atom is -0.449 e. The fourth-order valence-corrected chi connectivity index (χ4v) is 3.67. The molecule has 1 aliphatic carbocycles. The summed E-state index contributed by atoms with van der Waals surface area (Å²) in [4.78, 5) is 16.3. The molecule has 5 heteroatoms. The Balaban J connectivity index is 1.28. The average Bonchev–Trinajstić information content (AvgIpc) is 3.06. The number of anilines is 1. The fourth-order valence-electron chi connectivity index (χ4n) is 3.67. The van der Waals surface area contributed by atoms with Gasteiger partial charge in [0.1, 0.15) is 6.61 Å². The molecule has 3 aromatic rings. The van der Waals surface area contributed by atoms with Crippen LogP contribution in [0.5, 0.6) is 0 Å². The molecule has 0 atom stereocenters. The van der Waals surface area contributed by atoms with Gasteiger partial charge < -0.3 is 15.8 Å². The summed E-state index contributed by atoms with van der Waals surface area (Å²) in [5, 5.41) is 2.79. The molecule has 0 saturated heterocycles. The van der Waals surface area contributed by atoms with E-state index >= 15 is 0 Å². The van der Waals surface area contributed by atoms with Crippen LogP contribution < -0.4 is 11.1 Å². The van der Waals surface area contributed by atoms with Crippen LogP contribution in [0.1, 0.15) is 29.2 Å². The molecule has 1 heterocycles. The molecule has 5 nitrogen and oxygen atoms in total. The van der Waals surface area contributed by atoms with Crippen molar-refractivity contribution < 1.29 is 9.53 Å². The first-order valence-electron chi connectivity index (χ1n) is 9.69. The van der Waals surface area contributed by atoms with E-state index in [4.69, 9.17) is 10.5 Å². The first-order chi connectivity index (χ1) is 14.2. The van der Waals surface area contributed by atoms with Gasteiger partial charge in [0.2, 0.25) is 0 Å². The van der Waals surface area contributed by atoms with Crippen molar-refractivity contribution in [1.82, 2.24) is 10.3 Å². The Morgan fingerprint density at radius 3 is 2.45 bits per heavy atom. The van der Waals surface area contributed by atoms with Gasteiger partial charge in [-0.3, -0.25) is 4.98 Å². The number of carbonyl (C=O) groups is 1. The van der Waals surface area contributed by atoms with Crippen LogP contribution in [0.3, 0.4) is 0 Å². The van der Waals surface area contributed by atoms with Crippen LogP contribution in [0.2, 0.25) is 0 Å². The summed E-state index contributed by atoms with van der Waals surface area (Å²) >= 11 is 0. The van der Waals surface area contributed by atoms with E-state index < -0.39 is 6.09 Å². The SMILES string of the molecule is Nc1ccnc(C=CCCNC(=O)OCC2c3ccccc3-c3ccccc32)c1. The third kappa shape index (κ3) is 4.29. The zero-order valence-electron chi connectivity index (χ0n) is 16.0. The summed E-state index contributed by atoms with van der Waals surface area (Å²) in [6.45, 7) is 0.818. The number of nitrogens with one attached hydrogen (secondary N) is 1. The van der Waals surface area contributed by atoms with Gasteiger partial charge in [0, 0.05) is 24.3 Å². The van der Waals surface area contributed by atoms with Crippen molar-refractivity contribution in [3.8, 4) is 11.1 Å². The van der Waals surface area contributed by atoms with Crippen molar-refractivity contribution in [3.05, 3.63) is 89.8 Å². The molecule has 1 aliphatic rings. The first kappa shape index (κ1) is 18.7. The molecule has 29 heavy (non-hydrogen) atoms. The monoisotopic (exact) mass is 385 g/mol. The molecule has 4 rings (SSSR count). The van der Waals surface area contributed by atoms with Crippen LogP contribution in [0.25, 0.3) is 17.2 Å². The van der Waals surface area contributed by atoms with Crippen LogP contribution in [0.4, 0.5) is 10.5 Å². The van der Waals surface area contributed by atoms with Gasteiger partial charge in [-0.1, -0.05) is 54.6 Å². The predicted octanol–water partition coefficient (Wildman–Crippen LogP) is 4.61. The van der Waals surface area contributed by atoms with E-state index in [9.17, 15) is 4.79 Å². The number of hydrogen-bond donors (Lipinski definition) is 2. The van der Waals surface area contributed by atoms with Crippen molar-refractivity contribution in [2.24, 2.45) is 0 Å². The molecular formula is C24H23N3O2. The summed E-state index contributed by atoms with van der Waals surface area (Å²) < 4.78 is 5.52. The zero-order chi connectivity index (χ0) is 20.1. The maximum Gasteiger partial charge on any atom is 0.407 e. The average molecular weight is 385 g/mol. The van der Waals surface area contributed by atoms with E-state index in [1.165, 1.54) is 22.3 Å². The molecule has 0 unspecified atom stereocenters. The van der Waals surface area contributed by atoms with E-state index in [0.717, 1.165) is 5.69 Å². The van der Waals surface area contributed by atoms with E-state index in [1.54, 1.807) is 18.3 Å². The van der Waals surface area contributed by atoms with Crippen LogP contribution >= 0.6 is 0 Å².